The van der Waals surface area contributed by atoms with Gasteiger partial charge in [0.25, 0.3) is 0 Å². The molecule has 0 spiro atoms. The summed E-state index contributed by atoms with van der Waals surface area (Å²) in [5.74, 6) is 0.351. The van der Waals surface area contributed by atoms with E-state index in [9.17, 15) is 0 Å². The molecule has 0 amide bonds. The maximum atomic E-state index is 4.50. The lowest BCUT2D eigenvalue weighted by Crippen LogP contribution is -2.26. The summed E-state index contributed by atoms with van der Waals surface area (Å²) in [6.07, 6.45) is 2.96. The zero-order chi connectivity index (χ0) is 14.4. The van der Waals surface area contributed by atoms with Crippen molar-refractivity contribution < 1.29 is 0 Å². The maximum absolute atomic E-state index is 4.50. The molecule has 0 saturated heterocycles. The molecule has 1 aromatic carbocycles. The summed E-state index contributed by atoms with van der Waals surface area (Å²) in [5, 5.41) is 3.59. The predicted molar refractivity (Wildman–Crippen MR) is 84.9 cm³/mol. The molecule has 1 heterocycles. The van der Waals surface area contributed by atoms with E-state index in [0.717, 1.165) is 18.7 Å². The van der Waals surface area contributed by atoms with E-state index in [1.165, 1.54) is 11.1 Å². The topological polar surface area (TPSA) is 24.9 Å². The standard InChI is InChI=1S/C18H24N2/c1-4-15-9-11-16(12-10-15)18(19-5-2)14(3)17-8-6-7-13-20-17/h6-14,18-19H,4-5H2,1-3H3. The average Bonchev–Trinajstić information content (AvgIpc) is 2.53. The van der Waals surface area contributed by atoms with E-state index < -0.39 is 0 Å². The van der Waals surface area contributed by atoms with Crippen LogP contribution in [0.5, 0.6) is 0 Å². The van der Waals surface area contributed by atoms with Crippen molar-refractivity contribution in [1.82, 2.24) is 10.3 Å². The molecule has 0 aliphatic carbocycles. The molecule has 1 aromatic heterocycles. The molecule has 2 atom stereocenters. The van der Waals surface area contributed by atoms with Crippen molar-refractivity contribution in [3.8, 4) is 0 Å². The molecule has 2 rings (SSSR count). The van der Waals surface area contributed by atoms with Crippen molar-refractivity contribution >= 4 is 0 Å². The summed E-state index contributed by atoms with van der Waals surface area (Å²) in [5.41, 5.74) is 3.86. The number of nitrogens with one attached hydrogen (secondary N) is 1. The van der Waals surface area contributed by atoms with Crippen LogP contribution in [0.3, 0.4) is 0 Å². The van der Waals surface area contributed by atoms with Crippen LogP contribution in [0.4, 0.5) is 0 Å². The highest BCUT2D eigenvalue weighted by atomic mass is 14.9. The first-order valence-corrected chi connectivity index (χ1v) is 7.49. The van der Waals surface area contributed by atoms with Gasteiger partial charge in [0.05, 0.1) is 0 Å². The van der Waals surface area contributed by atoms with Crippen molar-refractivity contribution in [3.05, 3.63) is 65.5 Å². The third-order valence-electron chi connectivity index (χ3n) is 3.83. The second kappa shape index (κ2) is 7.20. The summed E-state index contributed by atoms with van der Waals surface area (Å²) >= 11 is 0. The fourth-order valence-electron chi connectivity index (χ4n) is 2.58. The van der Waals surface area contributed by atoms with Gasteiger partial charge in [0.15, 0.2) is 0 Å². The van der Waals surface area contributed by atoms with Crippen molar-refractivity contribution in [2.24, 2.45) is 0 Å². The van der Waals surface area contributed by atoms with Gasteiger partial charge in [-0.05, 0) is 36.2 Å². The summed E-state index contributed by atoms with van der Waals surface area (Å²) < 4.78 is 0. The molecule has 2 heteroatoms. The van der Waals surface area contributed by atoms with Crippen molar-refractivity contribution in [3.63, 3.8) is 0 Å². The second-order valence-electron chi connectivity index (χ2n) is 5.17. The smallest absolute Gasteiger partial charge is 0.0450 e. The molecule has 0 fully saturated rings. The van der Waals surface area contributed by atoms with Gasteiger partial charge in [0.1, 0.15) is 0 Å². The van der Waals surface area contributed by atoms with Crippen LogP contribution < -0.4 is 5.32 Å². The first kappa shape index (κ1) is 14.7. The summed E-state index contributed by atoms with van der Waals surface area (Å²) in [6, 6.07) is 15.4. The van der Waals surface area contributed by atoms with Crippen LogP contribution in [0.15, 0.2) is 48.7 Å². The molecular weight excluding hydrogens is 244 g/mol. The van der Waals surface area contributed by atoms with Crippen LogP contribution in [-0.4, -0.2) is 11.5 Å². The Morgan fingerprint density at radius 3 is 2.35 bits per heavy atom. The highest BCUT2D eigenvalue weighted by molar-refractivity contribution is 5.28. The fraction of sp³-hybridized carbons (Fsp3) is 0.389. The monoisotopic (exact) mass is 268 g/mol. The third-order valence-corrected chi connectivity index (χ3v) is 3.83. The van der Waals surface area contributed by atoms with E-state index in [4.69, 9.17) is 0 Å². The SMILES string of the molecule is CCNC(c1ccc(CC)cc1)C(C)c1ccccn1. The van der Waals surface area contributed by atoms with Gasteiger partial charge in [-0.25, -0.2) is 0 Å². The van der Waals surface area contributed by atoms with Crippen LogP contribution >= 0.6 is 0 Å². The highest BCUT2D eigenvalue weighted by Crippen LogP contribution is 2.29. The van der Waals surface area contributed by atoms with Crippen LogP contribution in [0.25, 0.3) is 0 Å². The van der Waals surface area contributed by atoms with Gasteiger partial charge in [-0.15, -0.1) is 0 Å². The van der Waals surface area contributed by atoms with Crippen molar-refractivity contribution in [2.75, 3.05) is 6.54 Å². The molecule has 106 valence electrons. The minimum Gasteiger partial charge on any atom is -0.310 e. The van der Waals surface area contributed by atoms with Gasteiger partial charge in [0, 0.05) is 23.9 Å². The number of aromatic nitrogens is 1. The number of hydrogen-bond acceptors (Lipinski definition) is 2. The molecule has 20 heavy (non-hydrogen) atoms. The van der Waals surface area contributed by atoms with Crippen molar-refractivity contribution in [1.29, 1.82) is 0 Å². The summed E-state index contributed by atoms with van der Waals surface area (Å²) in [6.45, 7) is 7.53. The Balaban J connectivity index is 2.25. The van der Waals surface area contributed by atoms with E-state index in [2.05, 4.69) is 67.5 Å². The molecule has 0 aliphatic heterocycles. The Bertz CT molecular complexity index is 505. The largest absolute Gasteiger partial charge is 0.310 e. The molecule has 0 radical (unpaired) electrons. The Hall–Kier alpha value is -1.67. The average molecular weight is 268 g/mol. The Morgan fingerprint density at radius 1 is 1.05 bits per heavy atom. The maximum Gasteiger partial charge on any atom is 0.0450 e. The Kier molecular flexibility index (Phi) is 5.31. The van der Waals surface area contributed by atoms with Crippen LogP contribution in [0.2, 0.25) is 0 Å². The minimum atomic E-state index is 0.306. The molecule has 2 unspecified atom stereocenters. The Labute approximate surface area is 122 Å². The first-order chi connectivity index (χ1) is 9.76. The van der Waals surface area contributed by atoms with Crippen LogP contribution in [-0.2, 0) is 6.42 Å². The number of rotatable bonds is 6. The quantitative estimate of drug-likeness (QED) is 0.853. The van der Waals surface area contributed by atoms with Gasteiger partial charge in [-0.1, -0.05) is 51.1 Å². The molecule has 0 aliphatic rings. The minimum absolute atomic E-state index is 0.306. The van der Waals surface area contributed by atoms with Gasteiger partial charge in [-0.3, -0.25) is 4.98 Å². The number of nitrogens with zero attached hydrogens (tertiary/aromatic N) is 1. The third kappa shape index (κ3) is 3.45. The van der Waals surface area contributed by atoms with Crippen LogP contribution in [0, 0.1) is 0 Å². The molecule has 0 bridgehead atoms. The second-order valence-corrected chi connectivity index (χ2v) is 5.17. The lowest BCUT2D eigenvalue weighted by atomic mass is 9.90. The molecular formula is C18H24N2. The number of aryl methyl sites for hydroxylation is 1. The van der Waals surface area contributed by atoms with E-state index in [1.807, 2.05) is 12.3 Å². The lowest BCUT2D eigenvalue weighted by molar-refractivity contribution is 0.472. The van der Waals surface area contributed by atoms with Gasteiger partial charge in [-0.2, -0.15) is 0 Å². The highest BCUT2D eigenvalue weighted by Gasteiger charge is 2.20. The first-order valence-electron chi connectivity index (χ1n) is 7.49. The number of pyridine rings is 1. The van der Waals surface area contributed by atoms with E-state index in [1.54, 1.807) is 0 Å². The predicted octanol–water partition coefficient (Wildman–Crippen LogP) is 4.10. The number of hydrogen-bond donors (Lipinski definition) is 1. The Morgan fingerprint density at radius 2 is 1.80 bits per heavy atom. The molecule has 1 N–H and O–H groups in total. The lowest BCUT2D eigenvalue weighted by Gasteiger charge is -2.25. The van der Waals surface area contributed by atoms with E-state index >= 15 is 0 Å². The zero-order valence-corrected chi connectivity index (χ0v) is 12.6. The molecule has 0 saturated carbocycles. The van der Waals surface area contributed by atoms with E-state index in [0.29, 0.717) is 12.0 Å². The summed E-state index contributed by atoms with van der Waals surface area (Å²) in [4.78, 5) is 4.50. The zero-order valence-electron chi connectivity index (χ0n) is 12.6. The van der Waals surface area contributed by atoms with E-state index in [-0.39, 0.29) is 0 Å². The van der Waals surface area contributed by atoms with Gasteiger partial charge in [0.2, 0.25) is 0 Å². The van der Waals surface area contributed by atoms with Crippen molar-refractivity contribution in [2.45, 2.75) is 39.2 Å². The summed E-state index contributed by atoms with van der Waals surface area (Å²) in [7, 11) is 0. The van der Waals surface area contributed by atoms with Gasteiger partial charge >= 0.3 is 0 Å². The van der Waals surface area contributed by atoms with Gasteiger partial charge < -0.3 is 5.32 Å². The number of likely N-dealkylation sites (N-methyl/N-ethyl adjacent to an activating group) is 1. The van der Waals surface area contributed by atoms with Crippen LogP contribution in [0.1, 0.15) is 49.6 Å². The molecule has 2 aromatic rings. The number of benzene rings is 1. The fourth-order valence-corrected chi connectivity index (χ4v) is 2.58. The molecule has 2 nitrogen and oxygen atoms in total. The normalized spacial score (nSPS) is 13.9.